The Bertz CT molecular complexity index is 942. The number of fused-ring (bicyclic) bond motifs is 1. The Morgan fingerprint density at radius 3 is 2.88 bits per heavy atom. The standard InChI is InChI=1S/C19H19BrN2O2S/c1-3-24-15-6-4-5-13(9-15)18(11-25-2)22-12-21-17-8-7-14(20)10-16(17)19(22)23/h4-10,12,18H,3,11H2,1-2H3. The number of ether oxygens (including phenoxy) is 1. The molecule has 3 aromatic rings. The maximum Gasteiger partial charge on any atom is 0.261 e. The number of thioether (sulfide) groups is 1. The molecule has 0 radical (unpaired) electrons. The van der Waals surface area contributed by atoms with Gasteiger partial charge in [0.15, 0.2) is 0 Å². The van der Waals surface area contributed by atoms with Crippen LogP contribution in [0.3, 0.4) is 0 Å². The molecule has 0 aliphatic rings. The molecule has 6 heteroatoms. The van der Waals surface area contributed by atoms with Crippen LogP contribution in [0.4, 0.5) is 0 Å². The first kappa shape index (κ1) is 18.0. The van der Waals surface area contributed by atoms with E-state index in [1.807, 2.05) is 55.6 Å². The number of hydrogen-bond acceptors (Lipinski definition) is 4. The van der Waals surface area contributed by atoms with E-state index in [0.717, 1.165) is 21.5 Å². The zero-order valence-corrected chi connectivity index (χ0v) is 16.5. The van der Waals surface area contributed by atoms with Crippen LogP contribution in [-0.2, 0) is 0 Å². The molecule has 1 unspecified atom stereocenters. The highest BCUT2D eigenvalue weighted by Gasteiger charge is 2.17. The number of nitrogens with zero attached hydrogens (tertiary/aromatic N) is 2. The van der Waals surface area contributed by atoms with Gasteiger partial charge in [-0.3, -0.25) is 9.36 Å². The van der Waals surface area contributed by atoms with E-state index in [1.165, 1.54) is 0 Å². The fourth-order valence-electron chi connectivity index (χ4n) is 2.80. The predicted molar refractivity (Wildman–Crippen MR) is 108 cm³/mol. The molecule has 3 rings (SSSR count). The van der Waals surface area contributed by atoms with Crippen LogP contribution in [0, 0.1) is 0 Å². The quantitative estimate of drug-likeness (QED) is 0.590. The Morgan fingerprint density at radius 2 is 2.12 bits per heavy atom. The van der Waals surface area contributed by atoms with E-state index in [2.05, 4.69) is 20.9 Å². The van der Waals surface area contributed by atoms with E-state index in [0.29, 0.717) is 17.5 Å². The summed E-state index contributed by atoms with van der Waals surface area (Å²) in [7, 11) is 0. The number of rotatable bonds is 6. The second-order valence-corrected chi connectivity index (χ2v) is 7.42. The Balaban J connectivity index is 2.12. The van der Waals surface area contributed by atoms with E-state index in [9.17, 15) is 4.79 Å². The number of benzene rings is 2. The molecule has 130 valence electrons. The summed E-state index contributed by atoms with van der Waals surface area (Å²) in [5.41, 5.74) is 1.71. The second kappa shape index (κ2) is 8.06. The monoisotopic (exact) mass is 418 g/mol. The molecule has 0 N–H and O–H groups in total. The average Bonchev–Trinajstić information content (AvgIpc) is 2.62. The maximum atomic E-state index is 13.0. The Labute approximate surface area is 159 Å². The van der Waals surface area contributed by atoms with Gasteiger partial charge in [-0.25, -0.2) is 4.98 Å². The van der Waals surface area contributed by atoms with Gasteiger partial charge in [-0.15, -0.1) is 0 Å². The fourth-order valence-corrected chi connectivity index (χ4v) is 3.83. The Hall–Kier alpha value is -1.79. The molecule has 1 atom stereocenters. The molecule has 25 heavy (non-hydrogen) atoms. The molecule has 0 aliphatic heterocycles. The minimum Gasteiger partial charge on any atom is -0.494 e. The Morgan fingerprint density at radius 1 is 1.28 bits per heavy atom. The highest BCUT2D eigenvalue weighted by molar-refractivity contribution is 9.10. The van der Waals surface area contributed by atoms with E-state index in [1.54, 1.807) is 22.7 Å². The SMILES string of the molecule is CCOc1cccc(C(CSC)n2cnc3ccc(Br)cc3c2=O)c1. The average molecular weight is 419 g/mol. The topological polar surface area (TPSA) is 44.1 Å². The van der Waals surface area contributed by atoms with E-state index < -0.39 is 0 Å². The van der Waals surface area contributed by atoms with Gasteiger partial charge in [-0.2, -0.15) is 11.8 Å². The molecule has 1 aromatic heterocycles. The lowest BCUT2D eigenvalue weighted by molar-refractivity contribution is 0.339. The molecule has 0 aliphatic carbocycles. The van der Waals surface area contributed by atoms with Crippen LogP contribution in [0.25, 0.3) is 10.9 Å². The molecule has 0 spiro atoms. The lowest BCUT2D eigenvalue weighted by atomic mass is 10.1. The van der Waals surface area contributed by atoms with Crippen LogP contribution >= 0.6 is 27.7 Å². The van der Waals surface area contributed by atoms with E-state index in [4.69, 9.17) is 4.74 Å². The molecule has 0 amide bonds. The van der Waals surface area contributed by atoms with Crippen LogP contribution in [0.5, 0.6) is 5.75 Å². The van der Waals surface area contributed by atoms with Crippen LogP contribution in [0.15, 0.2) is 58.1 Å². The van der Waals surface area contributed by atoms with Crippen molar-refractivity contribution in [3.8, 4) is 5.75 Å². The molecule has 2 aromatic carbocycles. The molecular formula is C19H19BrN2O2S. The van der Waals surface area contributed by atoms with Crippen molar-refractivity contribution >= 4 is 38.6 Å². The van der Waals surface area contributed by atoms with Crippen LogP contribution in [0.1, 0.15) is 18.5 Å². The van der Waals surface area contributed by atoms with Crippen molar-refractivity contribution in [1.29, 1.82) is 0 Å². The molecule has 0 saturated heterocycles. The van der Waals surface area contributed by atoms with Crippen LogP contribution in [0.2, 0.25) is 0 Å². The minimum atomic E-state index is -0.0983. The smallest absolute Gasteiger partial charge is 0.261 e. The summed E-state index contributed by atoms with van der Waals surface area (Å²) in [6.07, 6.45) is 3.68. The lowest BCUT2D eigenvalue weighted by Gasteiger charge is -2.20. The van der Waals surface area contributed by atoms with Crippen molar-refractivity contribution in [1.82, 2.24) is 9.55 Å². The van der Waals surface area contributed by atoms with Crippen molar-refractivity contribution in [2.45, 2.75) is 13.0 Å². The lowest BCUT2D eigenvalue weighted by Crippen LogP contribution is -2.27. The number of aromatic nitrogens is 2. The fraction of sp³-hybridized carbons (Fsp3) is 0.263. The van der Waals surface area contributed by atoms with Crippen LogP contribution < -0.4 is 10.3 Å². The summed E-state index contributed by atoms with van der Waals surface area (Å²) >= 11 is 5.13. The molecule has 0 fully saturated rings. The highest BCUT2D eigenvalue weighted by atomic mass is 79.9. The van der Waals surface area contributed by atoms with Gasteiger partial charge in [-0.05, 0) is 49.1 Å². The zero-order valence-electron chi connectivity index (χ0n) is 14.1. The van der Waals surface area contributed by atoms with Gasteiger partial charge in [-0.1, -0.05) is 28.1 Å². The zero-order chi connectivity index (χ0) is 17.8. The van der Waals surface area contributed by atoms with Crippen molar-refractivity contribution in [3.63, 3.8) is 0 Å². The number of halogens is 1. The molecular weight excluding hydrogens is 400 g/mol. The van der Waals surface area contributed by atoms with Gasteiger partial charge in [0, 0.05) is 10.2 Å². The first-order chi connectivity index (χ1) is 12.1. The Kier molecular flexibility index (Phi) is 5.81. The normalized spacial score (nSPS) is 12.3. The highest BCUT2D eigenvalue weighted by Crippen LogP contribution is 2.25. The summed E-state index contributed by atoms with van der Waals surface area (Å²) in [4.78, 5) is 17.5. The first-order valence-corrected chi connectivity index (χ1v) is 10.2. The number of hydrogen-bond donors (Lipinski definition) is 0. The molecule has 0 bridgehead atoms. The minimum absolute atomic E-state index is 0.0350. The third kappa shape index (κ3) is 3.90. The molecule has 4 nitrogen and oxygen atoms in total. The first-order valence-electron chi connectivity index (χ1n) is 8.02. The second-order valence-electron chi connectivity index (χ2n) is 5.60. The predicted octanol–water partition coefficient (Wildman–Crippen LogP) is 4.51. The van der Waals surface area contributed by atoms with Gasteiger partial charge < -0.3 is 4.74 Å². The summed E-state index contributed by atoms with van der Waals surface area (Å²) in [5, 5.41) is 0.615. The van der Waals surface area contributed by atoms with Gasteiger partial charge in [0.05, 0.1) is 29.9 Å². The summed E-state index contributed by atoms with van der Waals surface area (Å²) in [5.74, 6) is 1.59. The van der Waals surface area contributed by atoms with E-state index in [-0.39, 0.29) is 11.6 Å². The van der Waals surface area contributed by atoms with Crippen molar-refractivity contribution in [2.75, 3.05) is 18.6 Å². The third-order valence-electron chi connectivity index (χ3n) is 3.96. The summed E-state index contributed by atoms with van der Waals surface area (Å²) in [6.45, 7) is 2.57. The van der Waals surface area contributed by atoms with Gasteiger partial charge in [0.25, 0.3) is 5.56 Å². The summed E-state index contributed by atoms with van der Waals surface area (Å²) in [6, 6.07) is 13.4. The largest absolute Gasteiger partial charge is 0.494 e. The third-order valence-corrected chi connectivity index (χ3v) is 5.10. The van der Waals surface area contributed by atoms with Gasteiger partial charge in [0.1, 0.15) is 5.75 Å². The molecule has 1 heterocycles. The van der Waals surface area contributed by atoms with E-state index >= 15 is 0 Å². The van der Waals surface area contributed by atoms with Crippen molar-refractivity contribution in [2.24, 2.45) is 0 Å². The van der Waals surface area contributed by atoms with Crippen molar-refractivity contribution < 1.29 is 4.74 Å². The van der Waals surface area contributed by atoms with Crippen LogP contribution in [-0.4, -0.2) is 28.2 Å². The van der Waals surface area contributed by atoms with Gasteiger partial charge in [0.2, 0.25) is 0 Å². The maximum absolute atomic E-state index is 13.0. The van der Waals surface area contributed by atoms with Gasteiger partial charge >= 0.3 is 0 Å². The van der Waals surface area contributed by atoms with Crippen molar-refractivity contribution in [3.05, 3.63) is 69.2 Å². The summed E-state index contributed by atoms with van der Waals surface area (Å²) < 4.78 is 8.20. The molecule has 0 saturated carbocycles.